The van der Waals surface area contributed by atoms with Crippen LogP contribution in [-0.4, -0.2) is 36.5 Å². The quantitative estimate of drug-likeness (QED) is 0.719. The van der Waals surface area contributed by atoms with Gasteiger partial charge in [0, 0.05) is 13.0 Å². The minimum atomic E-state index is -0.349. The average molecular weight is 277 g/mol. The summed E-state index contributed by atoms with van der Waals surface area (Å²) >= 11 is 0. The summed E-state index contributed by atoms with van der Waals surface area (Å²) in [6, 6.07) is 8.03. The van der Waals surface area contributed by atoms with Crippen LogP contribution >= 0.6 is 0 Å². The van der Waals surface area contributed by atoms with Crippen LogP contribution < -0.4 is 0 Å². The molecule has 0 saturated heterocycles. The van der Waals surface area contributed by atoms with Crippen molar-refractivity contribution >= 4 is 11.9 Å². The maximum Gasteiger partial charge on any atom is 0.325 e. The molecular weight excluding hydrogens is 254 g/mol. The fourth-order valence-electron chi connectivity index (χ4n) is 2.03. The lowest BCUT2D eigenvalue weighted by Gasteiger charge is -2.20. The van der Waals surface area contributed by atoms with Gasteiger partial charge < -0.3 is 9.64 Å². The zero-order chi connectivity index (χ0) is 15.0. The topological polar surface area (TPSA) is 46.6 Å². The van der Waals surface area contributed by atoms with Crippen molar-refractivity contribution in [1.82, 2.24) is 4.90 Å². The highest BCUT2D eigenvalue weighted by Crippen LogP contribution is 2.10. The minimum Gasteiger partial charge on any atom is -0.465 e. The fraction of sp³-hybridized carbons (Fsp3) is 0.500. The molecular formula is C16H23NO3. The number of aryl methyl sites for hydroxylation is 2. The van der Waals surface area contributed by atoms with E-state index in [1.54, 1.807) is 6.92 Å². The van der Waals surface area contributed by atoms with Crippen molar-refractivity contribution in [2.24, 2.45) is 0 Å². The molecule has 0 bridgehead atoms. The molecule has 1 aromatic rings. The summed E-state index contributed by atoms with van der Waals surface area (Å²) in [6.45, 7) is 6.56. The van der Waals surface area contributed by atoms with Gasteiger partial charge in [0.05, 0.1) is 6.61 Å². The molecule has 0 spiro atoms. The molecule has 0 N–H and O–H groups in total. The van der Waals surface area contributed by atoms with Crippen molar-refractivity contribution in [2.75, 3.05) is 19.7 Å². The van der Waals surface area contributed by atoms with Crippen LogP contribution in [0.25, 0.3) is 0 Å². The lowest BCUT2D eigenvalue weighted by Crippen LogP contribution is -2.36. The highest BCUT2D eigenvalue weighted by atomic mass is 16.5. The van der Waals surface area contributed by atoms with E-state index in [4.69, 9.17) is 4.74 Å². The van der Waals surface area contributed by atoms with E-state index in [1.807, 2.05) is 38.1 Å². The molecule has 110 valence electrons. The summed E-state index contributed by atoms with van der Waals surface area (Å²) in [5, 5.41) is 0. The Bertz CT molecular complexity index is 457. The molecule has 0 radical (unpaired) electrons. The van der Waals surface area contributed by atoms with Crippen LogP contribution in [0.5, 0.6) is 0 Å². The predicted molar refractivity (Wildman–Crippen MR) is 78.4 cm³/mol. The fourth-order valence-corrected chi connectivity index (χ4v) is 2.03. The second kappa shape index (κ2) is 8.35. The monoisotopic (exact) mass is 277 g/mol. The number of amides is 1. The summed E-state index contributed by atoms with van der Waals surface area (Å²) in [5.41, 5.74) is 2.36. The SMILES string of the molecule is CCOC(=O)CN(CC)C(=O)CCc1ccccc1C. The van der Waals surface area contributed by atoms with Crippen molar-refractivity contribution in [3.05, 3.63) is 35.4 Å². The number of esters is 1. The number of likely N-dealkylation sites (N-methyl/N-ethyl adjacent to an activating group) is 1. The van der Waals surface area contributed by atoms with E-state index in [0.29, 0.717) is 26.0 Å². The van der Waals surface area contributed by atoms with Crippen molar-refractivity contribution in [1.29, 1.82) is 0 Å². The number of rotatable bonds is 7. The van der Waals surface area contributed by atoms with E-state index >= 15 is 0 Å². The lowest BCUT2D eigenvalue weighted by atomic mass is 10.0. The van der Waals surface area contributed by atoms with Gasteiger partial charge in [0.25, 0.3) is 0 Å². The van der Waals surface area contributed by atoms with E-state index in [2.05, 4.69) is 0 Å². The van der Waals surface area contributed by atoms with Gasteiger partial charge in [0.15, 0.2) is 0 Å². The minimum absolute atomic E-state index is 0.0104. The molecule has 0 aliphatic carbocycles. The number of hydrogen-bond donors (Lipinski definition) is 0. The van der Waals surface area contributed by atoms with Crippen molar-refractivity contribution in [3.63, 3.8) is 0 Å². The van der Waals surface area contributed by atoms with Crippen molar-refractivity contribution < 1.29 is 14.3 Å². The van der Waals surface area contributed by atoms with Gasteiger partial charge in [-0.2, -0.15) is 0 Å². The summed E-state index contributed by atoms with van der Waals surface area (Å²) in [5.74, 6) is -0.359. The molecule has 0 heterocycles. The molecule has 1 rings (SSSR count). The van der Waals surface area contributed by atoms with E-state index in [9.17, 15) is 9.59 Å². The largest absolute Gasteiger partial charge is 0.465 e. The molecule has 4 nitrogen and oxygen atoms in total. The van der Waals surface area contributed by atoms with Crippen molar-refractivity contribution in [3.8, 4) is 0 Å². The Hall–Kier alpha value is -1.84. The van der Waals surface area contributed by atoms with Crippen LogP contribution in [0.15, 0.2) is 24.3 Å². The van der Waals surface area contributed by atoms with Gasteiger partial charge in [0.2, 0.25) is 5.91 Å². The third kappa shape index (κ3) is 5.03. The number of nitrogens with zero attached hydrogens (tertiary/aromatic N) is 1. The van der Waals surface area contributed by atoms with Gasteiger partial charge in [0.1, 0.15) is 6.54 Å². The van der Waals surface area contributed by atoms with E-state index in [0.717, 1.165) is 0 Å². The predicted octanol–water partition coefficient (Wildman–Crippen LogP) is 2.34. The second-order valence-electron chi connectivity index (χ2n) is 4.64. The zero-order valence-electron chi connectivity index (χ0n) is 12.5. The highest BCUT2D eigenvalue weighted by molar-refractivity contribution is 5.82. The molecule has 20 heavy (non-hydrogen) atoms. The van der Waals surface area contributed by atoms with Gasteiger partial charge in [-0.25, -0.2) is 0 Å². The molecule has 0 atom stereocenters. The number of carbonyl (C=O) groups excluding carboxylic acids is 2. The Kier molecular flexibility index (Phi) is 6.77. The first-order valence-electron chi connectivity index (χ1n) is 7.06. The lowest BCUT2D eigenvalue weighted by molar-refractivity contribution is -0.148. The smallest absolute Gasteiger partial charge is 0.325 e. The Morgan fingerprint density at radius 1 is 1.20 bits per heavy atom. The van der Waals surface area contributed by atoms with E-state index in [-0.39, 0.29) is 18.4 Å². The molecule has 0 fully saturated rings. The maximum atomic E-state index is 12.1. The maximum absolute atomic E-state index is 12.1. The molecule has 0 aromatic heterocycles. The summed E-state index contributed by atoms with van der Waals surface area (Å²) in [7, 11) is 0. The molecule has 1 amide bonds. The molecule has 0 aliphatic rings. The third-order valence-corrected chi connectivity index (χ3v) is 3.23. The third-order valence-electron chi connectivity index (χ3n) is 3.23. The van der Waals surface area contributed by atoms with E-state index in [1.165, 1.54) is 16.0 Å². The van der Waals surface area contributed by atoms with Crippen LogP contribution in [0, 0.1) is 6.92 Å². The number of carbonyl (C=O) groups is 2. The van der Waals surface area contributed by atoms with Gasteiger partial charge >= 0.3 is 5.97 Å². The molecule has 1 aromatic carbocycles. The Labute approximate surface area is 120 Å². The first-order valence-corrected chi connectivity index (χ1v) is 7.06. The highest BCUT2D eigenvalue weighted by Gasteiger charge is 2.16. The molecule has 0 saturated carbocycles. The number of ether oxygens (including phenoxy) is 1. The van der Waals surface area contributed by atoms with Crippen LogP contribution in [0.2, 0.25) is 0 Å². The normalized spacial score (nSPS) is 10.2. The number of hydrogen-bond acceptors (Lipinski definition) is 3. The summed E-state index contributed by atoms with van der Waals surface area (Å²) in [6.07, 6.45) is 1.11. The summed E-state index contributed by atoms with van der Waals surface area (Å²) in [4.78, 5) is 25.1. The first-order chi connectivity index (χ1) is 9.58. The Balaban J connectivity index is 2.51. The van der Waals surface area contributed by atoms with Gasteiger partial charge in [-0.05, 0) is 38.3 Å². The van der Waals surface area contributed by atoms with Gasteiger partial charge in [-0.15, -0.1) is 0 Å². The van der Waals surface area contributed by atoms with Crippen LogP contribution in [0.3, 0.4) is 0 Å². The first kappa shape index (κ1) is 16.2. The molecule has 0 aliphatic heterocycles. The van der Waals surface area contributed by atoms with Crippen LogP contribution in [0.1, 0.15) is 31.4 Å². The van der Waals surface area contributed by atoms with Crippen molar-refractivity contribution in [2.45, 2.75) is 33.6 Å². The zero-order valence-corrected chi connectivity index (χ0v) is 12.5. The second-order valence-corrected chi connectivity index (χ2v) is 4.64. The van der Waals surface area contributed by atoms with Gasteiger partial charge in [-0.3, -0.25) is 9.59 Å². The molecule has 4 heteroatoms. The Morgan fingerprint density at radius 3 is 2.50 bits per heavy atom. The Morgan fingerprint density at radius 2 is 1.90 bits per heavy atom. The molecule has 0 unspecified atom stereocenters. The summed E-state index contributed by atoms with van der Waals surface area (Å²) < 4.78 is 4.87. The standard InChI is InChI=1S/C16H23NO3/c1-4-17(12-16(19)20-5-2)15(18)11-10-14-9-7-6-8-13(14)3/h6-9H,4-5,10-12H2,1-3H3. The van der Waals surface area contributed by atoms with E-state index < -0.39 is 0 Å². The number of benzene rings is 1. The average Bonchev–Trinajstić information content (AvgIpc) is 2.44. The van der Waals surface area contributed by atoms with Crippen LogP contribution in [-0.2, 0) is 20.7 Å². The van der Waals surface area contributed by atoms with Gasteiger partial charge in [-0.1, -0.05) is 24.3 Å². The van der Waals surface area contributed by atoms with Crippen LogP contribution in [0.4, 0.5) is 0 Å².